The lowest BCUT2D eigenvalue weighted by atomic mass is 10.1. The molecule has 0 saturated heterocycles. The van der Waals surface area contributed by atoms with Crippen LogP contribution in [0.3, 0.4) is 0 Å². The molecule has 0 bridgehead atoms. The van der Waals surface area contributed by atoms with Crippen molar-refractivity contribution >= 4 is 23.5 Å². The number of ether oxygens (including phenoxy) is 2. The number of anilines is 1. The molecule has 1 amide bonds. The van der Waals surface area contributed by atoms with Crippen molar-refractivity contribution in [2.24, 2.45) is 0 Å². The number of methoxy groups -OCH3 is 1. The molecule has 0 unspecified atom stereocenters. The normalized spacial score (nSPS) is 10.8. The summed E-state index contributed by atoms with van der Waals surface area (Å²) < 4.78 is 12.7. The fourth-order valence-electron chi connectivity index (χ4n) is 3.00. The molecule has 0 saturated carbocycles. The van der Waals surface area contributed by atoms with Gasteiger partial charge in [-0.15, -0.1) is 0 Å². The monoisotopic (exact) mass is 419 g/mol. The SMILES string of the molecule is CCn1nccc1C(=O)/C=C/c1ccc(OCC(=O)Nc2ccccc2C)c(OC)c1. The average Bonchev–Trinajstić information content (AvgIpc) is 3.27. The van der Waals surface area contributed by atoms with E-state index in [9.17, 15) is 9.59 Å². The van der Waals surface area contributed by atoms with E-state index in [1.54, 1.807) is 41.2 Å². The maximum atomic E-state index is 12.4. The van der Waals surface area contributed by atoms with Crippen LogP contribution in [-0.2, 0) is 11.3 Å². The fraction of sp³-hybridized carbons (Fsp3) is 0.208. The summed E-state index contributed by atoms with van der Waals surface area (Å²) in [6.07, 6.45) is 4.80. The Morgan fingerprint density at radius 2 is 1.94 bits per heavy atom. The minimum Gasteiger partial charge on any atom is -0.493 e. The van der Waals surface area contributed by atoms with Crippen LogP contribution < -0.4 is 14.8 Å². The second-order valence-corrected chi connectivity index (χ2v) is 6.79. The van der Waals surface area contributed by atoms with Crippen LogP contribution in [0.5, 0.6) is 11.5 Å². The molecule has 1 aromatic heterocycles. The Morgan fingerprint density at radius 1 is 1.13 bits per heavy atom. The van der Waals surface area contributed by atoms with E-state index in [1.165, 1.54) is 13.2 Å². The smallest absolute Gasteiger partial charge is 0.262 e. The third kappa shape index (κ3) is 5.60. The van der Waals surface area contributed by atoms with Crippen LogP contribution in [0.2, 0.25) is 0 Å². The number of amides is 1. The van der Waals surface area contributed by atoms with E-state index in [0.29, 0.717) is 23.7 Å². The number of hydrogen-bond donors (Lipinski definition) is 1. The van der Waals surface area contributed by atoms with Crippen molar-refractivity contribution in [3.63, 3.8) is 0 Å². The average molecular weight is 419 g/mol. The Hall–Kier alpha value is -3.87. The van der Waals surface area contributed by atoms with Gasteiger partial charge < -0.3 is 14.8 Å². The highest BCUT2D eigenvalue weighted by atomic mass is 16.5. The summed E-state index contributed by atoms with van der Waals surface area (Å²) in [4.78, 5) is 24.6. The molecular weight excluding hydrogens is 394 g/mol. The highest BCUT2D eigenvalue weighted by Gasteiger charge is 2.11. The van der Waals surface area contributed by atoms with Crippen molar-refractivity contribution in [2.75, 3.05) is 19.0 Å². The lowest BCUT2D eigenvalue weighted by molar-refractivity contribution is -0.118. The van der Waals surface area contributed by atoms with Crippen LogP contribution in [0.4, 0.5) is 5.69 Å². The Kier molecular flexibility index (Phi) is 7.22. The predicted octanol–water partition coefficient (Wildman–Crippen LogP) is 4.13. The van der Waals surface area contributed by atoms with Crippen LogP contribution >= 0.6 is 0 Å². The lowest BCUT2D eigenvalue weighted by Gasteiger charge is -2.12. The van der Waals surface area contributed by atoms with Crippen LogP contribution in [0, 0.1) is 6.92 Å². The van der Waals surface area contributed by atoms with Gasteiger partial charge in [-0.3, -0.25) is 14.3 Å². The molecule has 7 nitrogen and oxygen atoms in total. The second kappa shape index (κ2) is 10.2. The number of para-hydroxylation sites is 1. The summed E-state index contributed by atoms with van der Waals surface area (Å²) in [5.41, 5.74) is 3.02. The van der Waals surface area contributed by atoms with Crippen molar-refractivity contribution in [1.29, 1.82) is 0 Å². The maximum Gasteiger partial charge on any atom is 0.262 e. The van der Waals surface area contributed by atoms with Gasteiger partial charge in [-0.25, -0.2) is 0 Å². The first-order chi connectivity index (χ1) is 15.0. The maximum absolute atomic E-state index is 12.4. The lowest BCUT2D eigenvalue weighted by Crippen LogP contribution is -2.20. The fourth-order valence-corrected chi connectivity index (χ4v) is 3.00. The number of hydrogen-bond acceptors (Lipinski definition) is 5. The molecule has 0 aliphatic rings. The van der Waals surface area contributed by atoms with E-state index in [2.05, 4.69) is 10.4 Å². The number of rotatable bonds is 9. The summed E-state index contributed by atoms with van der Waals surface area (Å²) >= 11 is 0. The standard InChI is InChI=1S/C24H25N3O4/c1-4-27-20(13-14-25-27)21(28)11-9-18-10-12-22(23(15-18)30-3)31-16-24(29)26-19-8-6-5-7-17(19)2/h5-15H,4,16H2,1-3H3,(H,26,29)/b11-9+. The Bertz CT molecular complexity index is 1100. The largest absolute Gasteiger partial charge is 0.493 e. The molecule has 0 radical (unpaired) electrons. The number of nitrogens with zero attached hydrogens (tertiary/aromatic N) is 2. The Balaban J connectivity index is 1.63. The molecule has 0 fully saturated rings. The van der Waals surface area contributed by atoms with Gasteiger partial charge in [0.1, 0.15) is 5.69 Å². The highest BCUT2D eigenvalue weighted by molar-refractivity contribution is 6.05. The number of aryl methyl sites for hydroxylation is 2. The summed E-state index contributed by atoms with van der Waals surface area (Å²) in [6.45, 7) is 4.32. The number of nitrogens with one attached hydrogen (secondary N) is 1. The molecule has 0 aliphatic heterocycles. The van der Waals surface area contributed by atoms with Gasteiger partial charge in [-0.1, -0.05) is 30.3 Å². The minimum atomic E-state index is -0.265. The van der Waals surface area contributed by atoms with E-state index < -0.39 is 0 Å². The molecule has 1 N–H and O–H groups in total. The predicted molar refractivity (Wildman–Crippen MR) is 120 cm³/mol. The Morgan fingerprint density at radius 3 is 2.68 bits per heavy atom. The first-order valence-corrected chi connectivity index (χ1v) is 9.92. The van der Waals surface area contributed by atoms with Gasteiger partial charge in [0.15, 0.2) is 18.1 Å². The molecule has 1 heterocycles. The molecule has 7 heteroatoms. The third-order valence-corrected chi connectivity index (χ3v) is 4.66. The highest BCUT2D eigenvalue weighted by Crippen LogP contribution is 2.28. The van der Waals surface area contributed by atoms with Crippen LogP contribution in [0.15, 0.2) is 60.8 Å². The zero-order valence-electron chi connectivity index (χ0n) is 17.8. The number of allylic oxidation sites excluding steroid dienone is 1. The van der Waals surface area contributed by atoms with Crippen molar-refractivity contribution in [1.82, 2.24) is 9.78 Å². The van der Waals surface area contributed by atoms with Crippen LogP contribution in [-0.4, -0.2) is 35.2 Å². The summed E-state index contributed by atoms with van der Waals surface area (Å²) in [7, 11) is 1.52. The first-order valence-electron chi connectivity index (χ1n) is 9.92. The van der Waals surface area contributed by atoms with E-state index >= 15 is 0 Å². The number of carbonyl (C=O) groups is 2. The van der Waals surface area contributed by atoms with Crippen molar-refractivity contribution in [2.45, 2.75) is 20.4 Å². The molecule has 0 spiro atoms. The van der Waals surface area contributed by atoms with Crippen molar-refractivity contribution in [3.8, 4) is 11.5 Å². The zero-order valence-corrected chi connectivity index (χ0v) is 17.8. The number of ketones is 1. The van der Waals surface area contributed by atoms with Crippen molar-refractivity contribution < 1.29 is 19.1 Å². The molecular formula is C24H25N3O4. The molecule has 0 aliphatic carbocycles. The second-order valence-electron chi connectivity index (χ2n) is 6.79. The summed E-state index contributed by atoms with van der Waals surface area (Å²) in [5.74, 6) is 0.511. The number of aromatic nitrogens is 2. The first kappa shape index (κ1) is 21.8. The quantitative estimate of drug-likeness (QED) is 0.416. The summed E-state index contributed by atoms with van der Waals surface area (Å²) in [6, 6.07) is 14.5. The van der Waals surface area contributed by atoms with Gasteiger partial charge in [0.2, 0.25) is 5.78 Å². The molecule has 0 atom stereocenters. The Labute approximate surface area is 181 Å². The number of benzene rings is 2. The zero-order chi connectivity index (χ0) is 22.2. The van der Waals surface area contributed by atoms with Crippen molar-refractivity contribution in [3.05, 3.63) is 77.6 Å². The van der Waals surface area contributed by atoms with E-state index in [-0.39, 0.29) is 18.3 Å². The van der Waals surface area contributed by atoms with Gasteiger partial charge in [-0.2, -0.15) is 5.10 Å². The van der Waals surface area contributed by atoms with Crippen LogP contribution in [0.1, 0.15) is 28.5 Å². The van der Waals surface area contributed by atoms with E-state index in [1.807, 2.05) is 38.1 Å². The molecule has 31 heavy (non-hydrogen) atoms. The third-order valence-electron chi connectivity index (χ3n) is 4.66. The van der Waals surface area contributed by atoms with Gasteiger partial charge in [0, 0.05) is 18.4 Å². The summed E-state index contributed by atoms with van der Waals surface area (Å²) in [5, 5.41) is 6.93. The van der Waals surface area contributed by atoms with E-state index in [4.69, 9.17) is 9.47 Å². The van der Waals surface area contributed by atoms with Gasteiger partial charge in [0.05, 0.1) is 7.11 Å². The molecule has 2 aromatic carbocycles. The molecule has 160 valence electrons. The van der Waals surface area contributed by atoms with Gasteiger partial charge in [0.25, 0.3) is 5.91 Å². The molecule has 3 rings (SSSR count). The number of carbonyl (C=O) groups excluding carboxylic acids is 2. The van der Waals surface area contributed by atoms with Gasteiger partial charge >= 0.3 is 0 Å². The van der Waals surface area contributed by atoms with Gasteiger partial charge in [-0.05, 0) is 55.3 Å². The minimum absolute atomic E-state index is 0.133. The van der Waals surface area contributed by atoms with E-state index in [0.717, 1.165) is 16.8 Å². The topological polar surface area (TPSA) is 82.5 Å². The van der Waals surface area contributed by atoms with Crippen LogP contribution in [0.25, 0.3) is 6.08 Å². The molecule has 3 aromatic rings.